The van der Waals surface area contributed by atoms with Gasteiger partial charge in [-0.3, -0.25) is 14.9 Å². The molecule has 10 heteroatoms. The molecule has 0 saturated carbocycles. The molecule has 0 bridgehead atoms. The maximum absolute atomic E-state index is 12.9. The molecule has 0 aliphatic carbocycles. The highest BCUT2D eigenvalue weighted by Gasteiger charge is 2.30. The second-order valence-corrected chi connectivity index (χ2v) is 8.66. The van der Waals surface area contributed by atoms with Crippen LogP contribution in [0.4, 0.5) is 0 Å². The zero-order chi connectivity index (χ0) is 22.5. The van der Waals surface area contributed by atoms with Gasteiger partial charge in [-0.25, -0.2) is 4.98 Å². The van der Waals surface area contributed by atoms with E-state index in [-0.39, 0.29) is 17.7 Å². The van der Waals surface area contributed by atoms with Gasteiger partial charge in [0.1, 0.15) is 23.8 Å². The van der Waals surface area contributed by atoms with Gasteiger partial charge in [0.05, 0.1) is 16.6 Å². The number of para-hydroxylation sites is 1. The summed E-state index contributed by atoms with van der Waals surface area (Å²) in [5, 5.41) is 28.1. The molecule has 2 heterocycles. The van der Waals surface area contributed by atoms with Gasteiger partial charge in [-0.2, -0.15) is 5.26 Å². The standard InChI is InChI=1S/C21H27ClN6O3/c1-11(2)8-16(20(30)25-13(10-23)9-12-6-7-24-19(12)29)27-21(31)18-26-15-5-3-4-14(22)17(15)28-18/h3-5,11-13,16,19,24,29H,6-9H2,1-2H3,(H,25,30)(H,26,28)(H,27,31)/t12-,13-,16-,19?/m0/s1. The smallest absolute Gasteiger partial charge is 0.287 e. The quantitative estimate of drug-likeness (QED) is 0.417. The first-order valence-electron chi connectivity index (χ1n) is 10.3. The number of carbonyl (C=O) groups excluding carboxylic acids is 2. The number of nitrogens with zero attached hydrogens (tertiary/aromatic N) is 2. The number of benzene rings is 1. The molecule has 3 rings (SSSR count). The van der Waals surface area contributed by atoms with Crippen LogP contribution in [0.5, 0.6) is 0 Å². The molecule has 31 heavy (non-hydrogen) atoms. The van der Waals surface area contributed by atoms with Crippen LogP contribution in [0.25, 0.3) is 11.0 Å². The Labute approximate surface area is 185 Å². The number of halogens is 1. The number of aromatic nitrogens is 2. The van der Waals surface area contributed by atoms with Crippen molar-refractivity contribution >= 4 is 34.4 Å². The van der Waals surface area contributed by atoms with E-state index in [0.717, 1.165) is 6.42 Å². The van der Waals surface area contributed by atoms with Crippen molar-refractivity contribution in [1.82, 2.24) is 25.9 Å². The molecule has 2 amide bonds. The fourth-order valence-electron chi connectivity index (χ4n) is 3.74. The van der Waals surface area contributed by atoms with Crippen molar-refractivity contribution in [3.8, 4) is 6.07 Å². The van der Waals surface area contributed by atoms with E-state index in [1.165, 1.54) is 0 Å². The number of aliphatic hydroxyl groups is 1. The molecule has 4 atom stereocenters. The van der Waals surface area contributed by atoms with Gasteiger partial charge in [0.2, 0.25) is 5.91 Å². The lowest BCUT2D eigenvalue weighted by molar-refractivity contribution is -0.123. The molecule has 5 N–H and O–H groups in total. The van der Waals surface area contributed by atoms with Crippen LogP contribution in [-0.2, 0) is 4.79 Å². The van der Waals surface area contributed by atoms with Gasteiger partial charge in [-0.05, 0) is 43.9 Å². The van der Waals surface area contributed by atoms with Crippen molar-refractivity contribution in [3.63, 3.8) is 0 Å². The first-order chi connectivity index (χ1) is 14.8. The second kappa shape index (κ2) is 10.1. The number of H-pyrrole nitrogens is 1. The van der Waals surface area contributed by atoms with Gasteiger partial charge in [0.25, 0.3) is 5.91 Å². The maximum Gasteiger partial charge on any atom is 0.287 e. The van der Waals surface area contributed by atoms with Gasteiger partial charge < -0.3 is 20.7 Å². The van der Waals surface area contributed by atoms with E-state index in [4.69, 9.17) is 11.6 Å². The van der Waals surface area contributed by atoms with Crippen molar-refractivity contribution in [2.24, 2.45) is 11.8 Å². The fraction of sp³-hybridized carbons (Fsp3) is 0.524. The molecule has 1 unspecified atom stereocenters. The summed E-state index contributed by atoms with van der Waals surface area (Å²) >= 11 is 6.12. The van der Waals surface area contributed by atoms with E-state index in [1.54, 1.807) is 18.2 Å². The van der Waals surface area contributed by atoms with E-state index >= 15 is 0 Å². The fourth-order valence-corrected chi connectivity index (χ4v) is 3.96. The molecule has 0 spiro atoms. The Morgan fingerprint density at radius 1 is 1.39 bits per heavy atom. The number of carbonyl (C=O) groups is 2. The highest BCUT2D eigenvalue weighted by Crippen LogP contribution is 2.21. The van der Waals surface area contributed by atoms with Crippen molar-refractivity contribution in [2.45, 2.75) is 51.4 Å². The summed E-state index contributed by atoms with van der Waals surface area (Å²) in [6.07, 6.45) is 0.778. The number of aliphatic hydroxyl groups excluding tert-OH is 1. The predicted octanol–water partition coefficient (Wildman–Crippen LogP) is 1.69. The third-order valence-corrected chi connectivity index (χ3v) is 5.64. The van der Waals surface area contributed by atoms with Crippen LogP contribution < -0.4 is 16.0 Å². The Morgan fingerprint density at radius 3 is 2.77 bits per heavy atom. The highest BCUT2D eigenvalue weighted by atomic mass is 35.5. The molecule has 1 saturated heterocycles. The Hall–Kier alpha value is -2.67. The molecule has 0 radical (unpaired) electrons. The average Bonchev–Trinajstić information content (AvgIpc) is 3.33. The Morgan fingerprint density at radius 2 is 2.16 bits per heavy atom. The molecule has 1 fully saturated rings. The number of imidazole rings is 1. The first-order valence-corrected chi connectivity index (χ1v) is 10.7. The molecule has 1 aliphatic rings. The van der Waals surface area contributed by atoms with Crippen LogP contribution in [0, 0.1) is 23.2 Å². The summed E-state index contributed by atoms with van der Waals surface area (Å²) in [4.78, 5) is 32.8. The van der Waals surface area contributed by atoms with E-state index in [1.807, 2.05) is 13.8 Å². The normalized spacial score (nSPS) is 20.4. The van der Waals surface area contributed by atoms with Crippen LogP contribution in [0.2, 0.25) is 5.02 Å². The lowest BCUT2D eigenvalue weighted by Gasteiger charge is -2.23. The van der Waals surface area contributed by atoms with Crippen LogP contribution in [0.1, 0.15) is 43.7 Å². The minimum Gasteiger partial charge on any atom is -0.378 e. The average molecular weight is 447 g/mol. The van der Waals surface area contributed by atoms with Gasteiger partial charge in [-0.15, -0.1) is 0 Å². The van der Waals surface area contributed by atoms with Crippen molar-refractivity contribution in [1.29, 1.82) is 5.26 Å². The van der Waals surface area contributed by atoms with Gasteiger partial charge in [0.15, 0.2) is 5.82 Å². The largest absolute Gasteiger partial charge is 0.378 e. The van der Waals surface area contributed by atoms with Crippen LogP contribution in [0.15, 0.2) is 18.2 Å². The molecule has 1 aliphatic heterocycles. The van der Waals surface area contributed by atoms with Gasteiger partial charge >= 0.3 is 0 Å². The predicted molar refractivity (Wildman–Crippen MR) is 116 cm³/mol. The summed E-state index contributed by atoms with van der Waals surface area (Å²) in [5.41, 5.74) is 1.10. The Bertz CT molecular complexity index is 985. The lowest BCUT2D eigenvalue weighted by Crippen LogP contribution is -2.50. The number of aromatic amines is 1. The SMILES string of the molecule is CC(C)C[C@H](NC(=O)c1nc2c(Cl)cccc2[nH]1)C(=O)N[C@H](C#N)C[C@@H]1CCNC1O. The Kier molecular flexibility index (Phi) is 7.49. The van der Waals surface area contributed by atoms with Crippen LogP contribution in [-0.4, -0.2) is 51.7 Å². The minimum absolute atomic E-state index is 0.0571. The summed E-state index contributed by atoms with van der Waals surface area (Å²) in [7, 11) is 0. The highest BCUT2D eigenvalue weighted by molar-refractivity contribution is 6.35. The molecular weight excluding hydrogens is 420 g/mol. The van der Waals surface area contributed by atoms with Gasteiger partial charge in [0, 0.05) is 5.92 Å². The van der Waals surface area contributed by atoms with Crippen molar-refractivity contribution in [2.75, 3.05) is 6.54 Å². The number of amides is 2. The topological polar surface area (TPSA) is 143 Å². The number of rotatable bonds is 8. The zero-order valence-corrected chi connectivity index (χ0v) is 18.2. The monoisotopic (exact) mass is 446 g/mol. The third-order valence-electron chi connectivity index (χ3n) is 5.33. The Balaban J connectivity index is 1.69. The van der Waals surface area contributed by atoms with Crippen molar-refractivity contribution in [3.05, 3.63) is 29.0 Å². The molecular formula is C21H27ClN6O3. The third kappa shape index (κ3) is 5.73. The number of hydrogen-bond acceptors (Lipinski definition) is 6. The summed E-state index contributed by atoms with van der Waals surface area (Å²) < 4.78 is 0. The zero-order valence-electron chi connectivity index (χ0n) is 17.5. The maximum atomic E-state index is 12.9. The summed E-state index contributed by atoms with van der Waals surface area (Å²) in [6, 6.07) is 5.67. The van der Waals surface area contributed by atoms with E-state index in [9.17, 15) is 20.0 Å². The molecule has 1 aromatic carbocycles. The summed E-state index contributed by atoms with van der Waals surface area (Å²) in [6.45, 7) is 4.55. The number of hydrogen-bond donors (Lipinski definition) is 5. The van der Waals surface area contributed by atoms with Gasteiger partial charge in [-0.1, -0.05) is 31.5 Å². The van der Waals surface area contributed by atoms with Crippen molar-refractivity contribution < 1.29 is 14.7 Å². The number of fused-ring (bicyclic) bond motifs is 1. The summed E-state index contributed by atoms with van der Waals surface area (Å²) in [5.74, 6) is -0.896. The molecule has 166 valence electrons. The lowest BCUT2D eigenvalue weighted by atomic mass is 9.97. The minimum atomic E-state index is -0.835. The number of nitrogens with one attached hydrogen (secondary N) is 4. The van der Waals surface area contributed by atoms with E-state index in [2.05, 4.69) is 32.0 Å². The molecule has 2 aromatic rings. The molecule has 1 aromatic heterocycles. The van der Waals surface area contributed by atoms with Crippen LogP contribution >= 0.6 is 11.6 Å². The first kappa shape index (κ1) is 23.0. The van der Waals surface area contributed by atoms with E-state index in [0.29, 0.717) is 35.4 Å². The number of nitriles is 1. The second-order valence-electron chi connectivity index (χ2n) is 8.25. The van der Waals surface area contributed by atoms with E-state index < -0.39 is 30.1 Å². The van der Waals surface area contributed by atoms with Crippen LogP contribution in [0.3, 0.4) is 0 Å². The molecule has 9 nitrogen and oxygen atoms in total.